The third kappa shape index (κ3) is 3.83. The van der Waals surface area contributed by atoms with Crippen LogP contribution in [-0.4, -0.2) is 9.78 Å². The summed E-state index contributed by atoms with van der Waals surface area (Å²) in [6.45, 7) is 6.14. The summed E-state index contributed by atoms with van der Waals surface area (Å²) >= 11 is 1.79. The highest BCUT2D eigenvalue weighted by molar-refractivity contribution is 7.09. The first-order valence-electron chi connectivity index (χ1n) is 5.92. The SMILES string of the molecule is CC(C)c1cc(CNCc2cccs2)n(C)n1.Cl. The number of aromatic nitrogens is 2. The van der Waals surface area contributed by atoms with Crippen molar-refractivity contribution < 1.29 is 0 Å². The van der Waals surface area contributed by atoms with Gasteiger partial charge in [-0.2, -0.15) is 5.10 Å². The number of nitrogens with zero attached hydrogens (tertiary/aromatic N) is 2. The van der Waals surface area contributed by atoms with E-state index in [-0.39, 0.29) is 12.4 Å². The Hall–Kier alpha value is -0.840. The summed E-state index contributed by atoms with van der Waals surface area (Å²) in [7, 11) is 2.01. The Balaban J connectivity index is 0.00000162. The van der Waals surface area contributed by atoms with Crippen LogP contribution in [0.3, 0.4) is 0 Å². The van der Waals surface area contributed by atoms with Gasteiger partial charge in [0.2, 0.25) is 0 Å². The molecular weight excluding hydrogens is 266 g/mol. The summed E-state index contributed by atoms with van der Waals surface area (Å²) in [5.74, 6) is 0.493. The molecule has 0 bridgehead atoms. The third-order valence-corrected chi connectivity index (χ3v) is 3.65. The van der Waals surface area contributed by atoms with Crippen molar-refractivity contribution >= 4 is 23.7 Å². The minimum atomic E-state index is 0. The van der Waals surface area contributed by atoms with Crippen LogP contribution in [0.2, 0.25) is 0 Å². The van der Waals surface area contributed by atoms with Crippen molar-refractivity contribution in [3.63, 3.8) is 0 Å². The first-order valence-corrected chi connectivity index (χ1v) is 6.80. The lowest BCUT2D eigenvalue weighted by Gasteiger charge is -2.03. The Labute approximate surface area is 119 Å². The predicted molar refractivity (Wildman–Crippen MR) is 79.4 cm³/mol. The molecule has 2 rings (SSSR count). The lowest BCUT2D eigenvalue weighted by Crippen LogP contribution is -2.14. The van der Waals surface area contributed by atoms with E-state index in [1.165, 1.54) is 16.3 Å². The predicted octanol–water partition coefficient (Wildman–Crippen LogP) is 3.32. The van der Waals surface area contributed by atoms with E-state index in [9.17, 15) is 0 Å². The van der Waals surface area contributed by atoms with Gasteiger partial charge >= 0.3 is 0 Å². The first kappa shape index (κ1) is 15.2. The number of aryl methyl sites for hydroxylation is 1. The van der Waals surface area contributed by atoms with Crippen molar-refractivity contribution in [1.82, 2.24) is 15.1 Å². The van der Waals surface area contributed by atoms with Crippen LogP contribution in [-0.2, 0) is 20.1 Å². The zero-order valence-electron chi connectivity index (χ0n) is 11.0. The summed E-state index contributed by atoms with van der Waals surface area (Å²) in [6.07, 6.45) is 0. The molecular formula is C13H20ClN3S. The first-order chi connectivity index (χ1) is 8.16. The largest absolute Gasteiger partial charge is 0.306 e. The molecule has 0 spiro atoms. The molecule has 3 nitrogen and oxygen atoms in total. The Bertz CT molecular complexity index is 463. The van der Waals surface area contributed by atoms with E-state index >= 15 is 0 Å². The molecule has 2 heterocycles. The van der Waals surface area contributed by atoms with E-state index < -0.39 is 0 Å². The normalized spacial score (nSPS) is 10.7. The van der Waals surface area contributed by atoms with Crippen LogP contribution in [0.4, 0.5) is 0 Å². The number of rotatable bonds is 5. The average Bonchev–Trinajstić information content (AvgIpc) is 2.89. The van der Waals surface area contributed by atoms with E-state index in [0.717, 1.165) is 13.1 Å². The molecule has 2 aromatic rings. The van der Waals surface area contributed by atoms with Gasteiger partial charge in [-0.25, -0.2) is 0 Å². The Morgan fingerprint density at radius 2 is 2.17 bits per heavy atom. The van der Waals surface area contributed by atoms with E-state index in [0.29, 0.717) is 5.92 Å². The van der Waals surface area contributed by atoms with E-state index in [4.69, 9.17) is 0 Å². The van der Waals surface area contributed by atoms with Gasteiger partial charge in [0.25, 0.3) is 0 Å². The van der Waals surface area contributed by atoms with Crippen molar-refractivity contribution in [3.8, 4) is 0 Å². The van der Waals surface area contributed by atoms with Gasteiger partial charge in [0.1, 0.15) is 0 Å². The highest BCUT2D eigenvalue weighted by Gasteiger charge is 2.07. The highest BCUT2D eigenvalue weighted by Crippen LogP contribution is 2.14. The van der Waals surface area contributed by atoms with Gasteiger partial charge in [-0.1, -0.05) is 19.9 Å². The fraction of sp³-hybridized carbons (Fsp3) is 0.462. The Morgan fingerprint density at radius 3 is 2.72 bits per heavy atom. The van der Waals surface area contributed by atoms with Gasteiger partial charge in [0, 0.05) is 25.0 Å². The van der Waals surface area contributed by atoms with Gasteiger partial charge in [0.15, 0.2) is 0 Å². The summed E-state index contributed by atoms with van der Waals surface area (Å²) in [5, 5.41) is 10.1. The molecule has 0 unspecified atom stereocenters. The topological polar surface area (TPSA) is 29.9 Å². The average molecular weight is 286 g/mol. The van der Waals surface area contributed by atoms with Crippen LogP contribution in [0.5, 0.6) is 0 Å². The molecule has 1 N–H and O–H groups in total. The molecule has 5 heteroatoms. The molecule has 0 aliphatic heterocycles. The van der Waals surface area contributed by atoms with Crippen molar-refractivity contribution in [2.24, 2.45) is 7.05 Å². The van der Waals surface area contributed by atoms with Gasteiger partial charge in [-0.15, -0.1) is 23.7 Å². The zero-order valence-corrected chi connectivity index (χ0v) is 12.6. The standard InChI is InChI=1S/C13H19N3S.ClH/c1-10(2)13-7-11(16(3)15-13)8-14-9-12-5-4-6-17-12;/h4-7,10,14H,8-9H2,1-3H3;1H. The maximum atomic E-state index is 4.51. The minimum Gasteiger partial charge on any atom is -0.306 e. The Kier molecular flexibility index (Phi) is 5.85. The number of nitrogens with one attached hydrogen (secondary N) is 1. The molecule has 0 aromatic carbocycles. The number of thiophene rings is 1. The van der Waals surface area contributed by atoms with Crippen LogP contribution < -0.4 is 5.32 Å². The molecule has 0 radical (unpaired) electrons. The maximum absolute atomic E-state index is 4.51. The smallest absolute Gasteiger partial charge is 0.0653 e. The molecule has 0 amide bonds. The van der Waals surface area contributed by atoms with Crippen molar-refractivity contribution in [2.45, 2.75) is 32.9 Å². The van der Waals surface area contributed by atoms with Crippen LogP contribution >= 0.6 is 23.7 Å². The molecule has 0 aliphatic carbocycles. The fourth-order valence-electron chi connectivity index (χ4n) is 1.70. The highest BCUT2D eigenvalue weighted by atomic mass is 35.5. The molecule has 100 valence electrons. The van der Waals surface area contributed by atoms with Gasteiger partial charge in [-0.05, 0) is 23.4 Å². The van der Waals surface area contributed by atoms with Crippen molar-refractivity contribution in [1.29, 1.82) is 0 Å². The number of hydrogen-bond acceptors (Lipinski definition) is 3. The minimum absolute atomic E-state index is 0. The lowest BCUT2D eigenvalue weighted by atomic mass is 10.1. The second-order valence-electron chi connectivity index (χ2n) is 4.52. The van der Waals surface area contributed by atoms with Crippen LogP contribution in [0, 0.1) is 0 Å². The van der Waals surface area contributed by atoms with E-state index in [1.54, 1.807) is 11.3 Å². The third-order valence-electron chi connectivity index (χ3n) is 2.77. The maximum Gasteiger partial charge on any atom is 0.0653 e. The molecule has 0 saturated heterocycles. The van der Waals surface area contributed by atoms with E-state index in [1.807, 2.05) is 11.7 Å². The number of hydrogen-bond donors (Lipinski definition) is 1. The molecule has 18 heavy (non-hydrogen) atoms. The van der Waals surface area contributed by atoms with Crippen LogP contribution in [0.15, 0.2) is 23.6 Å². The summed E-state index contributed by atoms with van der Waals surface area (Å²) < 4.78 is 1.97. The second-order valence-corrected chi connectivity index (χ2v) is 5.55. The molecule has 2 aromatic heterocycles. The monoisotopic (exact) mass is 285 g/mol. The summed E-state index contributed by atoms with van der Waals surface area (Å²) in [4.78, 5) is 1.37. The van der Waals surface area contributed by atoms with Gasteiger partial charge < -0.3 is 5.32 Å². The molecule has 0 fully saturated rings. The van der Waals surface area contributed by atoms with Crippen molar-refractivity contribution in [3.05, 3.63) is 39.8 Å². The second kappa shape index (κ2) is 6.92. The van der Waals surface area contributed by atoms with Gasteiger partial charge in [0.05, 0.1) is 11.4 Å². The van der Waals surface area contributed by atoms with Crippen LogP contribution in [0.1, 0.15) is 36.0 Å². The number of halogens is 1. The fourth-order valence-corrected chi connectivity index (χ4v) is 2.38. The molecule has 0 aliphatic rings. The van der Waals surface area contributed by atoms with Crippen molar-refractivity contribution in [2.75, 3.05) is 0 Å². The Morgan fingerprint density at radius 1 is 1.39 bits per heavy atom. The quantitative estimate of drug-likeness (QED) is 0.913. The van der Waals surface area contributed by atoms with Crippen LogP contribution in [0.25, 0.3) is 0 Å². The summed E-state index contributed by atoms with van der Waals surface area (Å²) in [6, 6.07) is 6.43. The lowest BCUT2D eigenvalue weighted by molar-refractivity contribution is 0.623. The van der Waals surface area contributed by atoms with E-state index in [2.05, 4.69) is 47.8 Å². The summed E-state index contributed by atoms with van der Waals surface area (Å²) in [5.41, 5.74) is 2.41. The van der Waals surface area contributed by atoms with Gasteiger partial charge in [-0.3, -0.25) is 4.68 Å². The molecule has 0 saturated carbocycles. The molecule has 0 atom stereocenters. The zero-order chi connectivity index (χ0) is 12.3.